The number of aliphatic hydroxyl groups is 1. The number of nitrogens with zero attached hydrogens (tertiary/aromatic N) is 3. The number of fused-ring (bicyclic) bond motifs is 1. The van der Waals surface area contributed by atoms with Crippen LogP contribution in [0.15, 0.2) is 10.6 Å². The zero-order valence-electron chi connectivity index (χ0n) is 14.4. The molecule has 24 heavy (non-hydrogen) atoms. The van der Waals surface area contributed by atoms with Crippen LogP contribution in [-0.4, -0.2) is 38.4 Å². The lowest BCUT2D eigenvalue weighted by Crippen LogP contribution is -2.39. The van der Waals surface area contributed by atoms with Crippen LogP contribution in [0.2, 0.25) is 0 Å². The Morgan fingerprint density at radius 1 is 1.54 bits per heavy atom. The number of aliphatic hydroxyl groups excluding tert-OH is 1. The normalized spacial score (nSPS) is 17.1. The number of hydrogen-bond donors (Lipinski definition) is 2. The van der Waals surface area contributed by atoms with Gasteiger partial charge in [0.25, 0.3) is 5.91 Å². The van der Waals surface area contributed by atoms with Gasteiger partial charge in [0.15, 0.2) is 0 Å². The minimum absolute atomic E-state index is 0.0366. The van der Waals surface area contributed by atoms with Gasteiger partial charge in [0, 0.05) is 30.8 Å². The first-order valence-electron chi connectivity index (χ1n) is 8.42. The molecule has 2 heterocycles. The predicted molar refractivity (Wildman–Crippen MR) is 87.9 cm³/mol. The Hall–Kier alpha value is -2.15. The monoisotopic (exact) mass is 332 g/mol. The highest BCUT2D eigenvalue weighted by Gasteiger charge is 2.26. The largest absolute Gasteiger partial charge is 0.395 e. The summed E-state index contributed by atoms with van der Waals surface area (Å²) in [5.41, 5.74) is 2.97. The van der Waals surface area contributed by atoms with Crippen molar-refractivity contribution in [2.75, 3.05) is 6.61 Å². The Bertz CT molecular complexity index is 732. The fraction of sp³-hybridized carbons (Fsp3) is 0.588. The van der Waals surface area contributed by atoms with Gasteiger partial charge in [-0.05, 0) is 25.7 Å². The molecule has 2 aromatic heterocycles. The van der Waals surface area contributed by atoms with E-state index >= 15 is 0 Å². The van der Waals surface area contributed by atoms with E-state index in [4.69, 9.17) is 4.52 Å². The Morgan fingerprint density at radius 2 is 2.33 bits per heavy atom. The quantitative estimate of drug-likeness (QED) is 0.867. The van der Waals surface area contributed by atoms with Crippen molar-refractivity contribution < 1.29 is 14.4 Å². The number of imidazole rings is 1. The first kappa shape index (κ1) is 16.7. The third-order valence-electron chi connectivity index (χ3n) is 4.52. The molecule has 1 aliphatic carbocycles. The molecule has 0 saturated heterocycles. The molecule has 3 rings (SSSR count). The van der Waals surface area contributed by atoms with E-state index in [1.807, 2.05) is 20.8 Å². The Morgan fingerprint density at radius 3 is 3.00 bits per heavy atom. The number of carbonyl (C=O) groups excluding carboxylic acids is 1. The second-order valence-corrected chi connectivity index (χ2v) is 6.61. The van der Waals surface area contributed by atoms with Crippen LogP contribution in [0.3, 0.4) is 0 Å². The van der Waals surface area contributed by atoms with Crippen molar-refractivity contribution in [3.05, 3.63) is 34.7 Å². The van der Waals surface area contributed by atoms with E-state index in [-0.39, 0.29) is 30.2 Å². The molecular weight excluding hydrogens is 308 g/mol. The van der Waals surface area contributed by atoms with Crippen LogP contribution >= 0.6 is 0 Å². The molecular formula is C17H24N4O3. The van der Waals surface area contributed by atoms with Gasteiger partial charge in [-0.15, -0.1) is 0 Å². The smallest absolute Gasteiger partial charge is 0.290 e. The van der Waals surface area contributed by atoms with Crippen molar-refractivity contribution in [2.24, 2.45) is 0 Å². The van der Waals surface area contributed by atoms with Crippen LogP contribution in [0.5, 0.6) is 0 Å². The fourth-order valence-corrected chi connectivity index (χ4v) is 3.20. The summed E-state index contributed by atoms with van der Waals surface area (Å²) < 4.78 is 7.21. The van der Waals surface area contributed by atoms with Crippen molar-refractivity contribution in [1.82, 2.24) is 20.0 Å². The van der Waals surface area contributed by atoms with Gasteiger partial charge in [-0.2, -0.15) is 0 Å². The topological polar surface area (TPSA) is 93.2 Å². The molecule has 0 spiro atoms. The summed E-state index contributed by atoms with van der Waals surface area (Å²) in [6.07, 6.45) is 2.39. The number of aromatic nitrogens is 3. The number of aryl methyl sites for hydroxylation is 1. The lowest BCUT2D eigenvalue weighted by atomic mass is 9.95. The van der Waals surface area contributed by atoms with Crippen LogP contribution in [-0.2, 0) is 19.4 Å². The highest BCUT2D eigenvalue weighted by molar-refractivity contribution is 5.91. The van der Waals surface area contributed by atoms with Gasteiger partial charge in [0.05, 0.1) is 18.0 Å². The molecule has 0 fully saturated rings. The maximum absolute atomic E-state index is 12.3. The number of amides is 1. The minimum Gasteiger partial charge on any atom is -0.395 e. The summed E-state index contributed by atoms with van der Waals surface area (Å²) in [5, 5.41) is 16.1. The predicted octanol–water partition coefficient (Wildman–Crippen LogP) is 1.58. The van der Waals surface area contributed by atoms with Gasteiger partial charge < -0.3 is 19.5 Å². The average Bonchev–Trinajstić information content (AvgIpc) is 3.13. The molecule has 7 nitrogen and oxygen atoms in total. The van der Waals surface area contributed by atoms with Crippen LogP contribution in [0.25, 0.3) is 0 Å². The second kappa shape index (κ2) is 6.76. The summed E-state index contributed by atoms with van der Waals surface area (Å²) >= 11 is 0. The molecule has 0 saturated carbocycles. The first-order valence-corrected chi connectivity index (χ1v) is 8.42. The van der Waals surface area contributed by atoms with Gasteiger partial charge >= 0.3 is 0 Å². The molecule has 1 unspecified atom stereocenters. The van der Waals surface area contributed by atoms with Gasteiger partial charge in [0.1, 0.15) is 5.82 Å². The van der Waals surface area contributed by atoms with Crippen LogP contribution in [0.1, 0.15) is 59.6 Å². The molecule has 130 valence electrons. The molecule has 1 atom stereocenters. The van der Waals surface area contributed by atoms with Crippen molar-refractivity contribution >= 4 is 5.91 Å². The minimum atomic E-state index is -0.227. The summed E-state index contributed by atoms with van der Waals surface area (Å²) in [7, 11) is 0. The zero-order valence-corrected chi connectivity index (χ0v) is 14.4. The highest BCUT2D eigenvalue weighted by atomic mass is 16.5. The molecule has 1 amide bonds. The lowest BCUT2D eigenvalue weighted by molar-refractivity contribution is 0.0895. The van der Waals surface area contributed by atoms with Crippen molar-refractivity contribution in [3.63, 3.8) is 0 Å². The van der Waals surface area contributed by atoms with Gasteiger partial charge in [-0.1, -0.05) is 19.0 Å². The molecule has 2 aromatic rings. The van der Waals surface area contributed by atoms with Crippen molar-refractivity contribution in [1.29, 1.82) is 0 Å². The van der Waals surface area contributed by atoms with Crippen LogP contribution in [0, 0.1) is 6.92 Å². The van der Waals surface area contributed by atoms with E-state index in [9.17, 15) is 9.90 Å². The summed E-state index contributed by atoms with van der Waals surface area (Å²) in [4.78, 5) is 16.9. The SMILES string of the molecule is Cc1nc2c(n1CCO)CCC(NC(=O)c1cc(C(C)C)no1)C2. The number of carbonyl (C=O) groups is 1. The van der Waals surface area contributed by atoms with Crippen molar-refractivity contribution in [3.8, 4) is 0 Å². The number of hydrogen-bond acceptors (Lipinski definition) is 5. The van der Waals surface area contributed by atoms with E-state index in [0.717, 1.165) is 30.1 Å². The van der Waals surface area contributed by atoms with Crippen molar-refractivity contribution in [2.45, 2.75) is 58.5 Å². The van der Waals surface area contributed by atoms with Crippen LogP contribution in [0.4, 0.5) is 0 Å². The molecule has 1 aliphatic rings. The molecule has 0 bridgehead atoms. The maximum atomic E-state index is 12.3. The zero-order chi connectivity index (χ0) is 17.3. The van der Waals surface area contributed by atoms with E-state index in [1.165, 1.54) is 5.69 Å². The van der Waals surface area contributed by atoms with Gasteiger partial charge in [0.2, 0.25) is 5.76 Å². The first-order chi connectivity index (χ1) is 11.5. The lowest BCUT2D eigenvalue weighted by Gasteiger charge is -2.23. The van der Waals surface area contributed by atoms with E-state index in [1.54, 1.807) is 6.07 Å². The highest BCUT2D eigenvalue weighted by Crippen LogP contribution is 2.23. The third kappa shape index (κ3) is 3.21. The molecule has 0 radical (unpaired) electrons. The average molecular weight is 332 g/mol. The maximum Gasteiger partial charge on any atom is 0.290 e. The van der Waals surface area contributed by atoms with Crippen LogP contribution < -0.4 is 5.32 Å². The second-order valence-electron chi connectivity index (χ2n) is 6.61. The molecule has 0 aromatic carbocycles. The number of nitrogens with one attached hydrogen (secondary N) is 1. The molecule has 2 N–H and O–H groups in total. The Kier molecular flexibility index (Phi) is 4.71. The van der Waals surface area contributed by atoms with E-state index in [2.05, 4.69) is 20.0 Å². The molecule has 0 aliphatic heterocycles. The Labute approximate surface area is 141 Å². The number of rotatable bonds is 5. The van der Waals surface area contributed by atoms with Gasteiger partial charge in [-0.3, -0.25) is 4.79 Å². The van der Waals surface area contributed by atoms with E-state index < -0.39 is 0 Å². The summed E-state index contributed by atoms with van der Waals surface area (Å²) in [6.45, 7) is 6.64. The summed E-state index contributed by atoms with van der Waals surface area (Å²) in [5.74, 6) is 1.17. The van der Waals surface area contributed by atoms with Gasteiger partial charge in [-0.25, -0.2) is 4.98 Å². The fourth-order valence-electron chi connectivity index (χ4n) is 3.20. The Balaban J connectivity index is 1.67. The summed E-state index contributed by atoms with van der Waals surface area (Å²) in [6, 6.07) is 1.74. The third-order valence-corrected chi connectivity index (χ3v) is 4.52. The molecule has 7 heteroatoms. The van der Waals surface area contributed by atoms with E-state index in [0.29, 0.717) is 13.0 Å². The standard InChI is InChI=1S/C17H24N4O3/c1-10(2)13-9-16(24-20-13)17(23)19-12-4-5-15-14(8-12)18-11(3)21(15)6-7-22/h9-10,12,22H,4-8H2,1-3H3,(H,19,23).